The van der Waals surface area contributed by atoms with Crippen LogP contribution in [0.1, 0.15) is 11.1 Å². The highest BCUT2D eigenvalue weighted by Gasteiger charge is 2.27. The fourth-order valence-electron chi connectivity index (χ4n) is 3.01. The minimum Gasteiger partial charge on any atom is -0.379 e. The number of benzene rings is 3. The summed E-state index contributed by atoms with van der Waals surface area (Å²) < 4.78 is 30.3. The van der Waals surface area contributed by atoms with Crippen LogP contribution in [0.2, 0.25) is 0 Å². The van der Waals surface area contributed by atoms with E-state index in [0.29, 0.717) is 5.56 Å². The summed E-state index contributed by atoms with van der Waals surface area (Å²) in [6, 6.07) is 15.6. The van der Waals surface area contributed by atoms with Gasteiger partial charge in [-0.05, 0) is 42.3 Å². The number of aryl methyl sites for hydroxylation is 1. The third-order valence-corrected chi connectivity index (χ3v) is 6.05. The Hall–Kier alpha value is -5.09. The molecule has 3 aromatic rings. The maximum absolute atomic E-state index is 12.6. The van der Waals surface area contributed by atoms with Crippen LogP contribution >= 0.6 is 0 Å². The molecule has 0 bridgehead atoms. The van der Waals surface area contributed by atoms with Gasteiger partial charge >= 0.3 is 10.1 Å². The van der Waals surface area contributed by atoms with E-state index < -0.39 is 36.5 Å². The predicted octanol–water partition coefficient (Wildman–Crippen LogP) is 4.12. The lowest BCUT2D eigenvalue weighted by atomic mass is 10.1. The van der Waals surface area contributed by atoms with E-state index in [2.05, 4.69) is 5.32 Å². The summed E-state index contributed by atoms with van der Waals surface area (Å²) in [4.78, 5) is 32.7. The summed E-state index contributed by atoms with van der Waals surface area (Å²) >= 11 is 0. The normalized spacial score (nSPS) is 11.3. The first-order valence-electron chi connectivity index (χ1n) is 9.98. The first-order valence-corrected chi connectivity index (χ1v) is 11.4. The third-order valence-electron chi connectivity index (χ3n) is 4.75. The molecular weight excluding hydrogens is 492 g/mol. The van der Waals surface area contributed by atoms with E-state index in [-0.39, 0.29) is 28.3 Å². The van der Waals surface area contributed by atoms with Crippen LogP contribution in [0.15, 0.2) is 77.2 Å². The Morgan fingerprint density at radius 2 is 1.75 bits per heavy atom. The zero-order valence-electron chi connectivity index (χ0n) is 18.4. The Morgan fingerprint density at radius 1 is 1.03 bits per heavy atom. The van der Waals surface area contributed by atoms with Gasteiger partial charge in [-0.3, -0.25) is 25.0 Å². The minimum atomic E-state index is -4.57. The van der Waals surface area contributed by atoms with Crippen LogP contribution in [-0.4, -0.2) is 24.2 Å². The van der Waals surface area contributed by atoms with Gasteiger partial charge in [-0.25, -0.2) is 0 Å². The number of anilines is 1. The van der Waals surface area contributed by atoms with E-state index in [1.54, 1.807) is 13.0 Å². The monoisotopic (exact) mass is 508 g/mol. The fourth-order valence-corrected chi connectivity index (χ4v) is 4.10. The molecule has 0 spiro atoms. The van der Waals surface area contributed by atoms with Crippen LogP contribution in [0.4, 0.5) is 17.1 Å². The zero-order valence-corrected chi connectivity index (χ0v) is 19.3. The van der Waals surface area contributed by atoms with Crippen molar-refractivity contribution in [2.75, 3.05) is 5.32 Å². The Bertz CT molecular complexity index is 1560. The smallest absolute Gasteiger partial charge is 0.346 e. The predicted molar refractivity (Wildman–Crippen MR) is 127 cm³/mol. The molecule has 0 saturated heterocycles. The summed E-state index contributed by atoms with van der Waals surface area (Å²) in [6.45, 7) is 1.62. The SMILES string of the molecule is Cc1ccc([N+](=O)[O-])cc1NC(=O)/C(C#N)=C/c1cccc(OS(=O)(=O)c2ccccc2[N+](=O)[O-])c1. The van der Waals surface area contributed by atoms with Gasteiger partial charge < -0.3 is 9.50 Å². The van der Waals surface area contributed by atoms with Crippen molar-refractivity contribution in [3.63, 3.8) is 0 Å². The lowest BCUT2D eigenvalue weighted by Gasteiger charge is -2.09. The van der Waals surface area contributed by atoms with Crippen LogP contribution in [0.25, 0.3) is 6.08 Å². The highest BCUT2D eigenvalue weighted by Crippen LogP contribution is 2.27. The molecule has 0 aliphatic heterocycles. The molecule has 182 valence electrons. The van der Waals surface area contributed by atoms with Gasteiger partial charge in [0.1, 0.15) is 17.4 Å². The van der Waals surface area contributed by atoms with Crippen molar-refractivity contribution in [1.82, 2.24) is 0 Å². The molecule has 0 unspecified atom stereocenters. The third kappa shape index (κ3) is 5.88. The summed E-state index contributed by atoms with van der Waals surface area (Å²) in [5.74, 6) is -1.06. The second-order valence-electron chi connectivity index (χ2n) is 7.22. The summed E-state index contributed by atoms with van der Waals surface area (Å²) in [5.41, 5.74) is -0.395. The van der Waals surface area contributed by atoms with Crippen molar-refractivity contribution in [3.8, 4) is 11.8 Å². The highest BCUT2D eigenvalue weighted by atomic mass is 32.2. The number of amides is 1. The molecule has 0 heterocycles. The second-order valence-corrected chi connectivity index (χ2v) is 8.73. The number of nitrogens with zero attached hydrogens (tertiary/aromatic N) is 3. The number of nitrogens with one attached hydrogen (secondary N) is 1. The summed E-state index contributed by atoms with van der Waals surface area (Å²) in [7, 11) is -4.57. The number of hydrogen-bond acceptors (Lipinski definition) is 9. The van der Waals surface area contributed by atoms with Crippen LogP contribution in [0, 0.1) is 38.5 Å². The molecule has 3 aromatic carbocycles. The molecule has 0 radical (unpaired) electrons. The number of nitriles is 1. The average Bonchev–Trinajstić information content (AvgIpc) is 2.83. The summed E-state index contributed by atoms with van der Waals surface area (Å²) in [6.07, 6.45) is 1.16. The van der Waals surface area contributed by atoms with Gasteiger partial charge in [0.25, 0.3) is 17.3 Å². The average molecular weight is 508 g/mol. The number of hydrogen-bond donors (Lipinski definition) is 1. The molecule has 0 fully saturated rings. The van der Waals surface area contributed by atoms with Crippen molar-refractivity contribution in [3.05, 3.63) is 104 Å². The van der Waals surface area contributed by atoms with Gasteiger partial charge in [0.2, 0.25) is 0 Å². The Balaban J connectivity index is 1.87. The fraction of sp³-hybridized carbons (Fsp3) is 0.0435. The van der Waals surface area contributed by atoms with Crippen molar-refractivity contribution < 1.29 is 27.2 Å². The van der Waals surface area contributed by atoms with Gasteiger partial charge in [0.15, 0.2) is 4.90 Å². The van der Waals surface area contributed by atoms with Crippen LogP contribution in [-0.2, 0) is 14.9 Å². The van der Waals surface area contributed by atoms with E-state index in [9.17, 15) is 38.7 Å². The van der Waals surface area contributed by atoms with Crippen molar-refractivity contribution >= 4 is 39.2 Å². The maximum atomic E-state index is 12.6. The molecule has 0 aliphatic carbocycles. The van der Waals surface area contributed by atoms with E-state index in [1.165, 1.54) is 48.5 Å². The maximum Gasteiger partial charge on any atom is 0.346 e. The second kappa shape index (κ2) is 10.5. The van der Waals surface area contributed by atoms with Gasteiger partial charge in [0.05, 0.1) is 15.5 Å². The number of carbonyl (C=O) groups is 1. The molecule has 0 aromatic heterocycles. The molecule has 3 rings (SSSR count). The minimum absolute atomic E-state index is 0.142. The van der Waals surface area contributed by atoms with Crippen LogP contribution < -0.4 is 9.50 Å². The van der Waals surface area contributed by atoms with Crippen LogP contribution in [0.3, 0.4) is 0 Å². The number of para-hydroxylation sites is 1. The quantitative estimate of drug-likeness (QED) is 0.154. The van der Waals surface area contributed by atoms with E-state index in [0.717, 1.165) is 24.3 Å². The Morgan fingerprint density at radius 3 is 2.42 bits per heavy atom. The first kappa shape index (κ1) is 25.5. The molecule has 36 heavy (non-hydrogen) atoms. The van der Waals surface area contributed by atoms with E-state index in [1.807, 2.05) is 0 Å². The number of nitro benzene ring substituents is 2. The van der Waals surface area contributed by atoms with E-state index >= 15 is 0 Å². The largest absolute Gasteiger partial charge is 0.379 e. The Labute approximate surface area is 204 Å². The summed E-state index contributed by atoms with van der Waals surface area (Å²) in [5, 5.41) is 34.1. The molecule has 0 atom stereocenters. The van der Waals surface area contributed by atoms with Crippen molar-refractivity contribution in [2.45, 2.75) is 11.8 Å². The molecule has 1 N–H and O–H groups in total. The first-order chi connectivity index (χ1) is 17.0. The zero-order chi connectivity index (χ0) is 26.5. The number of carbonyl (C=O) groups excluding carboxylic acids is 1. The standard InChI is InChI=1S/C23H16N4O8S/c1-15-9-10-18(26(29)30)13-20(15)25-23(28)17(14-24)11-16-5-4-6-19(12-16)35-36(33,34)22-8-3-2-7-21(22)27(31)32/h2-13H,1H3,(H,25,28)/b17-11+. The van der Waals surface area contributed by atoms with Gasteiger partial charge in [0, 0.05) is 18.2 Å². The Kier molecular flexibility index (Phi) is 7.41. The lowest BCUT2D eigenvalue weighted by Crippen LogP contribution is -2.14. The molecule has 13 heteroatoms. The van der Waals surface area contributed by atoms with E-state index in [4.69, 9.17) is 4.18 Å². The molecule has 12 nitrogen and oxygen atoms in total. The van der Waals surface area contributed by atoms with Gasteiger partial charge in [-0.15, -0.1) is 0 Å². The molecule has 0 aliphatic rings. The number of non-ortho nitro benzene ring substituents is 1. The number of rotatable bonds is 8. The molecular formula is C23H16N4O8S. The van der Waals surface area contributed by atoms with Crippen molar-refractivity contribution in [2.24, 2.45) is 0 Å². The van der Waals surface area contributed by atoms with Gasteiger partial charge in [-0.1, -0.05) is 30.3 Å². The van der Waals surface area contributed by atoms with Crippen LogP contribution in [0.5, 0.6) is 5.75 Å². The number of nitro groups is 2. The van der Waals surface area contributed by atoms with Crippen molar-refractivity contribution in [1.29, 1.82) is 5.26 Å². The lowest BCUT2D eigenvalue weighted by molar-refractivity contribution is -0.387. The molecule has 1 amide bonds. The highest BCUT2D eigenvalue weighted by molar-refractivity contribution is 7.87. The molecule has 0 saturated carbocycles. The van der Waals surface area contributed by atoms with Gasteiger partial charge in [-0.2, -0.15) is 13.7 Å². The topological polar surface area (TPSA) is 183 Å².